The maximum atomic E-state index is 2.53. The minimum Gasteiger partial charge on any atom is -0.309 e. The fraction of sp³-hybridized carbons (Fsp3) is 0.0588. The second-order valence-corrected chi connectivity index (χ2v) is 15.6. The van der Waals surface area contributed by atoms with Gasteiger partial charge in [-0.15, -0.1) is 11.3 Å². The van der Waals surface area contributed by atoms with Gasteiger partial charge in [-0.25, -0.2) is 0 Å². The van der Waals surface area contributed by atoms with Crippen LogP contribution in [0.1, 0.15) is 25.0 Å². The molecule has 0 amide bonds. The largest absolute Gasteiger partial charge is 0.309 e. The summed E-state index contributed by atoms with van der Waals surface area (Å²) < 4.78 is 2.62. The van der Waals surface area contributed by atoms with Crippen molar-refractivity contribution in [1.29, 1.82) is 0 Å². The van der Waals surface area contributed by atoms with Crippen LogP contribution in [0.25, 0.3) is 64.7 Å². The van der Waals surface area contributed by atoms with Gasteiger partial charge in [0.05, 0.1) is 5.69 Å². The van der Waals surface area contributed by atoms with Crippen LogP contribution >= 0.6 is 11.3 Å². The molecule has 0 saturated heterocycles. The molecule has 0 N–H and O–H groups in total. The molecule has 1 heterocycles. The van der Waals surface area contributed by atoms with E-state index >= 15 is 0 Å². The molecule has 10 rings (SSSR count). The highest BCUT2D eigenvalue weighted by molar-refractivity contribution is 7.26. The maximum absolute atomic E-state index is 2.53. The summed E-state index contributed by atoms with van der Waals surface area (Å²) in [5.41, 5.74) is 16.0. The normalized spacial score (nSPS) is 12.9. The third-order valence-corrected chi connectivity index (χ3v) is 12.2. The van der Waals surface area contributed by atoms with Gasteiger partial charge < -0.3 is 4.90 Å². The Morgan fingerprint density at radius 2 is 0.887 bits per heavy atom. The molecule has 252 valence electrons. The molecule has 1 nitrogen and oxygen atoms in total. The van der Waals surface area contributed by atoms with Gasteiger partial charge in [-0.2, -0.15) is 0 Å². The molecule has 0 aliphatic heterocycles. The van der Waals surface area contributed by atoms with E-state index in [1.807, 2.05) is 11.3 Å². The van der Waals surface area contributed by atoms with E-state index in [0.29, 0.717) is 0 Å². The summed E-state index contributed by atoms with van der Waals surface area (Å²) >= 11 is 1.90. The summed E-state index contributed by atoms with van der Waals surface area (Å²) in [5, 5.41) is 2.60. The van der Waals surface area contributed by atoms with Gasteiger partial charge in [0, 0.05) is 42.5 Å². The number of anilines is 3. The molecule has 0 radical (unpaired) electrons. The Balaban J connectivity index is 1.26. The average Bonchev–Trinajstić information content (AvgIpc) is 3.70. The molecular weight excluding hydrogens is 659 g/mol. The van der Waals surface area contributed by atoms with Crippen molar-refractivity contribution >= 4 is 48.6 Å². The zero-order valence-electron chi connectivity index (χ0n) is 29.8. The summed E-state index contributed by atoms with van der Waals surface area (Å²) in [5.74, 6) is 0. The van der Waals surface area contributed by atoms with Crippen LogP contribution in [0.2, 0.25) is 0 Å². The number of thiophene rings is 1. The third-order valence-electron chi connectivity index (χ3n) is 11.1. The summed E-state index contributed by atoms with van der Waals surface area (Å²) in [6.07, 6.45) is 0. The number of rotatable bonds is 6. The highest BCUT2D eigenvalue weighted by atomic mass is 32.1. The van der Waals surface area contributed by atoms with Crippen LogP contribution in [0.4, 0.5) is 17.1 Å². The smallest absolute Gasteiger partial charge is 0.0636 e. The second kappa shape index (κ2) is 12.5. The number of fused-ring (bicyclic) bond motifs is 6. The van der Waals surface area contributed by atoms with Gasteiger partial charge in [-0.05, 0) is 92.5 Å². The van der Waals surface area contributed by atoms with Gasteiger partial charge in [0.2, 0.25) is 0 Å². The van der Waals surface area contributed by atoms with Crippen molar-refractivity contribution < 1.29 is 0 Å². The summed E-state index contributed by atoms with van der Waals surface area (Å²) in [4.78, 5) is 2.53. The molecule has 0 bridgehead atoms. The highest BCUT2D eigenvalue weighted by Gasteiger charge is 2.40. The van der Waals surface area contributed by atoms with Crippen LogP contribution in [0.3, 0.4) is 0 Å². The SMILES string of the molecule is CC1(C)c2cc(-c3ccccc3)ccc2-c2c1cc1sc3ccccc3c1c2N(c1ccc(-c2ccccc2)cc1)c1ccc(-c2ccccc2)cc1. The second-order valence-electron chi connectivity index (χ2n) is 14.5. The molecule has 8 aromatic carbocycles. The monoisotopic (exact) mass is 695 g/mol. The quantitative estimate of drug-likeness (QED) is 0.167. The molecule has 2 heteroatoms. The molecule has 0 saturated carbocycles. The zero-order valence-corrected chi connectivity index (χ0v) is 30.6. The molecule has 1 aliphatic carbocycles. The van der Waals surface area contributed by atoms with Crippen molar-refractivity contribution in [2.75, 3.05) is 4.90 Å². The van der Waals surface area contributed by atoms with Gasteiger partial charge in [-0.1, -0.05) is 159 Å². The van der Waals surface area contributed by atoms with Crippen molar-refractivity contribution in [2.45, 2.75) is 19.3 Å². The Morgan fingerprint density at radius 1 is 0.415 bits per heavy atom. The van der Waals surface area contributed by atoms with Crippen molar-refractivity contribution in [3.8, 4) is 44.5 Å². The van der Waals surface area contributed by atoms with Crippen LogP contribution in [-0.2, 0) is 5.41 Å². The van der Waals surface area contributed by atoms with Crippen molar-refractivity contribution in [2.24, 2.45) is 0 Å². The first-order chi connectivity index (χ1) is 26.0. The topological polar surface area (TPSA) is 3.24 Å². The van der Waals surface area contributed by atoms with Gasteiger partial charge in [0.25, 0.3) is 0 Å². The van der Waals surface area contributed by atoms with E-state index in [1.54, 1.807) is 0 Å². The van der Waals surface area contributed by atoms with E-state index in [4.69, 9.17) is 0 Å². The predicted octanol–water partition coefficient (Wildman–Crippen LogP) is 14.8. The van der Waals surface area contributed by atoms with Gasteiger partial charge in [0.1, 0.15) is 0 Å². The lowest BCUT2D eigenvalue weighted by atomic mass is 9.81. The summed E-state index contributed by atoms with van der Waals surface area (Å²) in [7, 11) is 0. The number of nitrogens with zero attached hydrogens (tertiary/aromatic N) is 1. The van der Waals surface area contributed by atoms with Crippen LogP contribution in [-0.4, -0.2) is 0 Å². The van der Waals surface area contributed by atoms with Crippen molar-refractivity contribution in [1.82, 2.24) is 0 Å². The molecular formula is C51H37NS. The van der Waals surface area contributed by atoms with Crippen LogP contribution in [0.15, 0.2) is 188 Å². The molecule has 1 aromatic heterocycles. The molecule has 0 unspecified atom stereocenters. The molecule has 0 atom stereocenters. The highest BCUT2D eigenvalue weighted by Crippen LogP contribution is 2.59. The van der Waals surface area contributed by atoms with Gasteiger partial charge in [0.15, 0.2) is 0 Å². The van der Waals surface area contributed by atoms with E-state index in [1.165, 1.54) is 81.5 Å². The van der Waals surface area contributed by atoms with E-state index in [0.717, 1.165) is 11.4 Å². The lowest BCUT2D eigenvalue weighted by Crippen LogP contribution is -2.16. The van der Waals surface area contributed by atoms with E-state index in [9.17, 15) is 0 Å². The fourth-order valence-corrected chi connectivity index (χ4v) is 9.51. The molecule has 0 spiro atoms. The Morgan fingerprint density at radius 3 is 1.45 bits per heavy atom. The first-order valence-electron chi connectivity index (χ1n) is 18.3. The fourth-order valence-electron chi connectivity index (χ4n) is 8.36. The van der Waals surface area contributed by atoms with Gasteiger partial charge >= 0.3 is 0 Å². The summed E-state index contributed by atoms with van der Waals surface area (Å²) in [6, 6.07) is 68.9. The van der Waals surface area contributed by atoms with E-state index in [2.05, 4.69) is 207 Å². The lowest BCUT2D eigenvalue weighted by Gasteiger charge is -2.30. The van der Waals surface area contributed by atoms with Crippen molar-refractivity contribution in [3.63, 3.8) is 0 Å². The Labute approximate surface area is 315 Å². The molecule has 53 heavy (non-hydrogen) atoms. The lowest BCUT2D eigenvalue weighted by molar-refractivity contribution is 0.661. The van der Waals surface area contributed by atoms with Crippen LogP contribution < -0.4 is 4.90 Å². The van der Waals surface area contributed by atoms with Crippen molar-refractivity contribution in [3.05, 3.63) is 199 Å². The number of hydrogen-bond acceptors (Lipinski definition) is 2. The van der Waals surface area contributed by atoms with Gasteiger partial charge in [-0.3, -0.25) is 0 Å². The zero-order chi connectivity index (χ0) is 35.5. The molecule has 9 aromatic rings. The molecule has 0 fully saturated rings. The Kier molecular flexibility index (Phi) is 7.42. The average molecular weight is 696 g/mol. The predicted molar refractivity (Wildman–Crippen MR) is 228 cm³/mol. The molecule has 1 aliphatic rings. The minimum atomic E-state index is -0.200. The Bertz CT molecular complexity index is 2680. The van der Waals surface area contributed by atoms with E-state index in [-0.39, 0.29) is 5.41 Å². The standard InChI is InChI=1S/C51H37NS/c1-51(2)44-32-39(36-18-10-5-11-19-36)26-31-42(44)48-45(51)33-47-49(43-20-12-13-21-46(43)53-47)50(48)52(40-27-22-37(23-28-40)34-14-6-3-7-15-34)41-29-24-38(25-30-41)35-16-8-4-9-17-35/h3-33H,1-2H3. The first-order valence-corrected chi connectivity index (χ1v) is 19.2. The number of hydrogen-bond donors (Lipinski definition) is 0. The van der Waals surface area contributed by atoms with Crippen LogP contribution in [0.5, 0.6) is 0 Å². The third kappa shape index (κ3) is 5.21. The maximum Gasteiger partial charge on any atom is 0.0636 e. The van der Waals surface area contributed by atoms with Crippen LogP contribution in [0, 0.1) is 0 Å². The summed E-state index contributed by atoms with van der Waals surface area (Å²) in [6.45, 7) is 4.81. The Hall–Kier alpha value is -6.22. The minimum absolute atomic E-state index is 0.200. The number of benzene rings is 8. The van der Waals surface area contributed by atoms with E-state index < -0.39 is 0 Å². The first kappa shape index (κ1) is 31.5.